The number of halogens is 3. The summed E-state index contributed by atoms with van der Waals surface area (Å²) in [5, 5.41) is 8.95. The van der Waals surface area contributed by atoms with Gasteiger partial charge in [0.1, 0.15) is 11.5 Å². The van der Waals surface area contributed by atoms with E-state index in [1.54, 1.807) is 28.8 Å². The monoisotopic (exact) mass is 399 g/mol. The number of amides is 1. The molecule has 2 aromatic rings. The summed E-state index contributed by atoms with van der Waals surface area (Å²) in [4.78, 5) is 18.3. The first-order valence-corrected chi connectivity index (χ1v) is 9.84. The van der Waals surface area contributed by atoms with E-state index in [4.69, 9.17) is 0 Å². The molecule has 4 heterocycles. The lowest BCUT2D eigenvalue weighted by atomic mass is 9.85. The molecule has 0 spiro atoms. The molecule has 0 aromatic carbocycles. The third kappa shape index (κ3) is 3.54. The Labute approximate surface area is 158 Å². The standard InChI is InChI=1S/C17H20F3N5OS/c1-10-5-15-22-12(6-14(17(18,19)20)25(15)23-10)11-3-2-4-24(7-11)16(26)13-8-27-9-21-13/h5,8-9,11-12,14,22H,2-4,6-7H2,1H3/t11?,12-,14+/m0/s1. The molecule has 0 saturated carbocycles. The largest absolute Gasteiger partial charge is 0.410 e. The number of piperidine rings is 1. The topological polar surface area (TPSA) is 63.1 Å². The van der Waals surface area contributed by atoms with Crippen LogP contribution in [0.15, 0.2) is 17.0 Å². The minimum absolute atomic E-state index is 0.0462. The SMILES string of the molecule is Cc1cc2n(n1)[C@@H](C(F)(F)F)C[C@@H](C1CCCN(C(=O)c3cscn3)C1)N2. The van der Waals surface area contributed by atoms with Gasteiger partial charge in [-0.2, -0.15) is 18.3 Å². The summed E-state index contributed by atoms with van der Waals surface area (Å²) in [6, 6.07) is -0.352. The van der Waals surface area contributed by atoms with Crippen LogP contribution >= 0.6 is 11.3 Å². The summed E-state index contributed by atoms with van der Waals surface area (Å²) < 4.78 is 41.8. The lowest BCUT2D eigenvalue weighted by molar-refractivity contribution is -0.174. The average Bonchev–Trinajstić information content (AvgIpc) is 3.28. The van der Waals surface area contributed by atoms with Gasteiger partial charge in [-0.1, -0.05) is 0 Å². The Morgan fingerprint density at radius 3 is 2.93 bits per heavy atom. The number of aromatic nitrogens is 3. The van der Waals surface area contributed by atoms with Crippen LogP contribution in [0.25, 0.3) is 0 Å². The minimum Gasteiger partial charge on any atom is -0.367 e. The Kier molecular flexibility index (Phi) is 4.61. The Hall–Kier alpha value is -2.10. The summed E-state index contributed by atoms with van der Waals surface area (Å²) in [7, 11) is 0. The summed E-state index contributed by atoms with van der Waals surface area (Å²) in [5.74, 6) is 0.203. The molecule has 1 unspecified atom stereocenters. The number of nitrogens with one attached hydrogen (secondary N) is 1. The van der Waals surface area contributed by atoms with Gasteiger partial charge in [-0.25, -0.2) is 9.67 Å². The highest BCUT2D eigenvalue weighted by atomic mass is 32.1. The zero-order chi connectivity index (χ0) is 19.2. The molecular formula is C17H20F3N5OS. The van der Waals surface area contributed by atoms with Gasteiger partial charge in [0.2, 0.25) is 0 Å². The van der Waals surface area contributed by atoms with E-state index in [0.29, 0.717) is 30.3 Å². The molecule has 2 aliphatic heterocycles. The van der Waals surface area contributed by atoms with E-state index in [0.717, 1.165) is 17.5 Å². The maximum atomic E-state index is 13.6. The number of carbonyl (C=O) groups is 1. The molecular weight excluding hydrogens is 379 g/mol. The van der Waals surface area contributed by atoms with Crippen LogP contribution in [-0.2, 0) is 0 Å². The van der Waals surface area contributed by atoms with Crippen molar-refractivity contribution in [2.45, 2.75) is 44.4 Å². The molecule has 4 rings (SSSR count). The van der Waals surface area contributed by atoms with E-state index < -0.39 is 12.2 Å². The van der Waals surface area contributed by atoms with Gasteiger partial charge in [0, 0.05) is 30.6 Å². The molecule has 27 heavy (non-hydrogen) atoms. The number of carbonyl (C=O) groups excluding carboxylic acids is 1. The molecule has 0 bridgehead atoms. The number of rotatable bonds is 2. The lowest BCUT2D eigenvalue weighted by Gasteiger charge is -2.41. The van der Waals surface area contributed by atoms with Gasteiger partial charge in [0.05, 0.1) is 11.2 Å². The molecule has 3 atom stereocenters. The smallest absolute Gasteiger partial charge is 0.367 e. The predicted octanol–water partition coefficient (Wildman–Crippen LogP) is 3.49. The van der Waals surface area contributed by atoms with Crippen molar-refractivity contribution in [1.29, 1.82) is 0 Å². The van der Waals surface area contributed by atoms with Crippen molar-refractivity contribution in [3.63, 3.8) is 0 Å². The van der Waals surface area contributed by atoms with Gasteiger partial charge < -0.3 is 10.2 Å². The fraction of sp³-hybridized carbons (Fsp3) is 0.588. The first-order chi connectivity index (χ1) is 12.8. The summed E-state index contributed by atoms with van der Waals surface area (Å²) >= 11 is 1.35. The van der Waals surface area contributed by atoms with Crippen LogP contribution < -0.4 is 5.32 Å². The third-order valence-corrected chi connectivity index (χ3v) is 5.89. The van der Waals surface area contributed by atoms with Crippen LogP contribution in [0.3, 0.4) is 0 Å². The second-order valence-electron chi connectivity index (χ2n) is 7.19. The van der Waals surface area contributed by atoms with Crippen molar-refractivity contribution in [2.24, 2.45) is 5.92 Å². The Bertz CT molecular complexity index is 819. The van der Waals surface area contributed by atoms with Gasteiger partial charge >= 0.3 is 6.18 Å². The molecule has 0 radical (unpaired) electrons. The van der Waals surface area contributed by atoms with Gasteiger partial charge in [-0.3, -0.25) is 4.79 Å². The first-order valence-electron chi connectivity index (χ1n) is 8.90. The van der Waals surface area contributed by atoms with Crippen molar-refractivity contribution in [3.8, 4) is 0 Å². The van der Waals surface area contributed by atoms with Crippen LogP contribution in [0, 0.1) is 12.8 Å². The zero-order valence-electron chi connectivity index (χ0n) is 14.7. The van der Waals surface area contributed by atoms with E-state index in [1.165, 1.54) is 11.3 Å². The molecule has 2 aromatic heterocycles. The first kappa shape index (κ1) is 18.3. The quantitative estimate of drug-likeness (QED) is 0.840. The van der Waals surface area contributed by atoms with Gasteiger partial charge in [0.25, 0.3) is 5.91 Å². The van der Waals surface area contributed by atoms with Crippen molar-refractivity contribution >= 4 is 23.1 Å². The predicted molar refractivity (Wildman–Crippen MR) is 94.8 cm³/mol. The van der Waals surface area contributed by atoms with Gasteiger partial charge in [-0.15, -0.1) is 11.3 Å². The molecule has 10 heteroatoms. The van der Waals surface area contributed by atoms with Crippen molar-refractivity contribution in [1.82, 2.24) is 19.7 Å². The van der Waals surface area contributed by atoms with Crippen molar-refractivity contribution in [3.05, 3.63) is 28.3 Å². The normalized spacial score (nSPS) is 25.8. The number of likely N-dealkylation sites (tertiary alicyclic amines) is 1. The Morgan fingerprint density at radius 2 is 2.22 bits per heavy atom. The molecule has 1 fully saturated rings. The number of aryl methyl sites for hydroxylation is 1. The molecule has 1 N–H and O–H groups in total. The van der Waals surface area contributed by atoms with Gasteiger partial charge in [-0.05, 0) is 32.1 Å². The van der Waals surface area contributed by atoms with E-state index in [9.17, 15) is 18.0 Å². The molecule has 2 aliphatic rings. The van der Waals surface area contributed by atoms with Crippen LogP contribution in [0.5, 0.6) is 0 Å². The second kappa shape index (κ2) is 6.81. The molecule has 1 amide bonds. The number of nitrogens with zero attached hydrogens (tertiary/aromatic N) is 4. The highest BCUT2D eigenvalue weighted by molar-refractivity contribution is 7.07. The lowest BCUT2D eigenvalue weighted by Crippen LogP contribution is -2.49. The number of anilines is 1. The fourth-order valence-corrected chi connectivity index (χ4v) is 4.56. The van der Waals surface area contributed by atoms with E-state index in [2.05, 4.69) is 15.4 Å². The van der Waals surface area contributed by atoms with E-state index in [-0.39, 0.29) is 24.3 Å². The van der Waals surface area contributed by atoms with E-state index in [1.807, 2.05) is 0 Å². The fourth-order valence-electron chi connectivity index (χ4n) is 4.04. The van der Waals surface area contributed by atoms with Crippen LogP contribution in [0.2, 0.25) is 0 Å². The second-order valence-corrected chi connectivity index (χ2v) is 7.91. The molecule has 6 nitrogen and oxygen atoms in total. The van der Waals surface area contributed by atoms with Crippen LogP contribution in [0.4, 0.5) is 19.0 Å². The summed E-state index contributed by atoms with van der Waals surface area (Å²) in [6.45, 7) is 2.73. The number of fused-ring (bicyclic) bond motifs is 1. The molecule has 1 saturated heterocycles. The Balaban J connectivity index is 1.53. The number of hydrogen-bond acceptors (Lipinski definition) is 5. The highest BCUT2D eigenvalue weighted by Gasteiger charge is 2.48. The number of hydrogen-bond donors (Lipinski definition) is 1. The summed E-state index contributed by atoms with van der Waals surface area (Å²) in [6.07, 6.45) is -2.89. The van der Waals surface area contributed by atoms with Crippen molar-refractivity contribution in [2.75, 3.05) is 18.4 Å². The Morgan fingerprint density at radius 1 is 1.41 bits per heavy atom. The van der Waals surface area contributed by atoms with Crippen LogP contribution in [-0.4, -0.2) is 50.9 Å². The summed E-state index contributed by atoms with van der Waals surface area (Å²) in [5.41, 5.74) is 2.56. The zero-order valence-corrected chi connectivity index (χ0v) is 15.6. The maximum Gasteiger partial charge on any atom is 0.410 e. The minimum atomic E-state index is -4.36. The van der Waals surface area contributed by atoms with Crippen LogP contribution in [0.1, 0.15) is 41.5 Å². The maximum absolute atomic E-state index is 13.6. The average molecular weight is 399 g/mol. The molecule has 0 aliphatic carbocycles. The third-order valence-electron chi connectivity index (χ3n) is 5.31. The number of alkyl halides is 3. The number of thiazole rings is 1. The highest BCUT2D eigenvalue weighted by Crippen LogP contribution is 2.42. The van der Waals surface area contributed by atoms with E-state index >= 15 is 0 Å². The van der Waals surface area contributed by atoms with Gasteiger partial charge in [0.15, 0.2) is 6.04 Å². The molecule has 146 valence electrons. The van der Waals surface area contributed by atoms with Crippen molar-refractivity contribution < 1.29 is 18.0 Å².